The van der Waals surface area contributed by atoms with E-state index in [1.165, 1.54) is 32.2 Å². The van der Waals surface area contributed by atoms with Crippen LogP contribution in [0.1, 0.15) is 24.0 Å². The van der Waals surface area contributed by atoms with Gasteiger partial charge in [0.15, 0.2) is 17.8 Å². The van der Waals surface area contributed by atoms with Crippen LogP contribution in [0.4, 0.5) is 13.2 Å². The van der Waals surface area contributed by atoms with Crippen LogP contribution in [0.5, 0.6) is 5.75 Å². The van der Waals surface area contributed by atoms with Crippen molar-refractivity contribution in [2.24, 2.45) is 7.05 Å². The lowest BCUT2D eigenvalue weighted by Crippen LogP contribution is -2.46. The third-order valence-corrected chi connectivity index (χ3v) is 6.63. The molecule has 0 spiro atoms. The van der Waals surface area contributed by atoms with Crippen LogP contribution in [0.15, 0.2) is 69.9 Å². The first-order valence-corrected chi connectivity index (χ1v) is 11.3. The van der Waals surface area contributed by atoms with Crippen molar-refractivity contribution in [1.82, 2.24) is 4.57 Å². The smallest absolute Gasteiger partial charge is 0.422 e. The standard InChI is InChI=1S/C26H21ClF3NO6/c1-14(25(35,26(28,29)30)17-6-10-22-21(12-17)31(2)24(34)37-22)19-9-5-16(11-20(19)27)15-3-7-18(8-4-15)36-13-23(32)33/h3-12,14,35H,13H2,1-2H3,(H,32,33). The number of aromatic nitrogens is 1. The van der Waals surface area contributed by atoms with E-state index in [0.29, 0.717) is 16.9 Å². The lowest BCUT2D eigenvalue weighted by molar-refractivity contribution is -0.274. The van der Waals surface area contributed by atoms with Gasteiger partial charge in [-0.05, 0) is 52.6 Å². The second kappa shape index (κ2) is 9.60. The summed E-state index contributed by atoms with van der Waals surface area (Å²) in [5, 5.41) is 19.9. The van der Waals surface area contributed by atoms with Crippen LogP contribution in [0.25, 0.3) is 22.2 Å². The number of rotatable bonds is 7. The second-order valence-corrected chi connectivity index (χ2v) is 8.95. The predicted octanol–water partition coefficient (Wildman–Crippen LogP) is 5.47. The molecule has 11 heteroatoms. The fourth-order valence-electron chi connectivity index (χ4n) is 4.19. The van der Waals surface area contributed by atoms with E-state index in [0.717, 1.165) is 16.7 Å². The molecular formula is C26H21ClF3NO6. The Morgan fingerprint density at radius 3 is 2.32 bits per heavy atom. The maximum absolute atomic E-state index is 14.4. The highest BCUT2D eigenvalue weighted by molar-refractivity contribution is 6.31. The van der Waals surface area contributed by atoms with Gasteiger partial charge in [0.2, 0.25) is 0 Å². The van der Waals surface area contributed by atoms with Gasteiger partial charge in [0.05, 0.1) is 5.52 Å². The van der Waals surface area contributed by atoms with E-state index in [4.69, 9.17) is 25.9 Å². The lowest BCUT2D eigenvalue weighted by Gasteiger charge is -2.37. The molecule has 7 nitrogen and oxygen atoms in total. The Labute approximate surface area is 213 Å². The van der Waals surface area contributed by atoms with E-state index in [-0.39, 0.29) is 21.7 Å². The Balaban J connectivity index is 1.70. The predicted molar refractivity (Wildman–Crippen MR) is 130 cm³/mol. The number of halogens is 4. The van der Waals surface area contributed by atoms with Gasteiger partial charge in [-0.2, -0.15) is 13.2 Å². The summed E-state index contributed by atoms with van der Waals surface area (Å²) in [4.78, 5) is 22.4. The summed E-state index contributed by atoms with van der Waals surface area (Å²) in [7, 11) is 1.36. The number of carbonyl (C=O) groups is 1. The summed E-state index contributed by atoms with van der Waals surface area (Å²) >= 11 is 6.43. The maximum atomic E-state index is 14.4. The van der Waals surface area contributed by atoms with Crippen LogP contribution in [-0.2, 0) is 17.4 Å². The second-order valence-electron chi connectivity index (χ2n) is 8.54. The van der Waals surface area contributed by atoms with E-state index < -0.39 is 41.6 Å². The molecule has 0 bridgehead atoms. The minimum Gasteiger partial charge on any atom is -0.482 e. The number of carboxylic acid groups (broad SMARTS) is 1. The fraction of sp³-hybridized carbons (Fsp3) is 0.231. The van der Waals surface area contributed by atoms with Crippen LogP contribution in [0.2, 0.25) is 5.02 Å². The molecule has 37 heavy (non-hydrogen) atoms. The molecule has 1 aromatic heterocycles. The molecular weight excluding hydrogens is 515 g/mol. The number of benzene rings is 3. The molecule has 0 aliphatic rings. The first-order chi connectivity index (χ1) is 17.3. The van der Waals surface area contributed by atoms with Crippen molar-refractivity contribution in [2.45, 2.75) is 24.6 Å². The molecule has 0 fully saturated rings. The zero-order chi connectivity index (χ0) is 27.1. The van der Waals surface area contributed by atoms with Crippen molar-refractivity contribution in [2.75, 3.05) is 6.61 Å². The van der Waals surface area contributed by atoms with Crippen LogP contribution >= 0.6 is 11.6 Å². The van der Waals surface area contributed by atoms with Crippen LogP contribution < -0.4 is 10.5 Å². The number of hydrogen-bond donors (Lipinski definition) is 2. The topological polar surface area (TPSA) is 102 Å². The number of hydrogen-bond acceptors (Lipinski definition) is 5. The molecule has 2 N–H and O–H groups in total. The minimum absolute atomic E-state index is 0.00988. The summed E-state index contributed by atoms with van der Waals surface area (Å²) in [6, 6.07) is 14.3. The monoisotopic (exact) mass is 535 g/mol. The van der Waals surface area contributed by atoms with Gasteiger partial charge in [-0.3, -0.25) is 4.57 Å². The summed E-state index contributed by atoms with van der Waals surface area (Å²) in [6.45, 7) is 0.727. The highest BCUT2D eigenvalue weighted by Crippen LogP contribution is 2.50. The Morgan fingerprint density at radius 2 is 1.73 bits per heavy atom. The van der Waals surface area contributed by atoms with Gasteiger partial charge in [-0.1, -0.05) is 48.9 Å². The molecule has 194 valence electrons. The van der Waals surface area contributed by atoms with Gasteiger partial charge >= 0.3 is 17.9 Å². The van der Waals surface area contributed by atoms with E-state index in [1.807, 2.05) is 0 Å². The van der Waals surface area contributed by atoms with Crippen molar-refractivity contribution < 1.29 is 37.3 Å². The Morgan fingerprint density at radius 1 is 1.08 bits per heavy atom. The quantitative estimate of drug-likeness (QED) is 0.325. The summed E-state index contributed by atoms with van der Waals surface area (Å²) in [5.41, 5.74) is -2.27. The Kier molecular flexibility index (Phi) is 6.83. The van der Waals surface area contributed by atoms with Crippen molar-refractivity contribution in [3.63, 3.8) is 0 Å². The Hall–Kier alpha value is -3.76. The molecule has 4 aromatic rings. The zero-order valence-corrected chi connectivity index (χ0v) is 20.3. The van der Waals surface area contributed by atoms with Crippen molar-refractivity contribution in [1.29, 1.82) is 0 Å². The largest absolute Gasteiger partial charge is 0.482 e. The number of aryl methyl sites for hydroxylation is 1. The normalized spacial score (nSPS) is 14.4. The third-order valence-electron chi connectivity index (χ3n) is 6.31. The van der Waals surface area contributed by atoms with Crippen molar-refractivity contribution >= 4 is 28.7 Å². The number of ether oxygens (including phenoxy) is 1. The average molecular weight is 536 g/mol. The lowest BCUT2D eigenvalue weighted by atomic mass is 9.77. The molecule has 4 rings (SSSR count). The average Bonchev–Trinajstić information content (AvgIpc) is 3.14. The number of aliphatic hydroxyl groups is 1. The van der Waals surface area contributed by atoms with Crippen molar-refractivity contribution in [3.05, 3.63) is 87.4 Å². The highest BCUT2D eigenvalue weighted by Gasteiger charge is 2.59. The highest BCUT2D eigenvalue weighted by atomic mass is 35.5. The van der Waals surface area contributed by atoms with Crippen LogP contribution in [0.3, 0.4) is 0 Å². The minimum atomic E-state index is -5.09. The summed E-state index contributed by atoms with van der Waals surface area (Å²) in [5.74, 6) is -3.05. The van der Waals surface area contributed by atoms with E-state index in [9.17, 15) is 27.9 Å². The molecule has 2 unspecified atom stereocenters. The molecule has 0 amide bonds. The van der Waals surface area contributed by atoms with Crippen LogP contribution in [0, 0.1) is 0 Å². The number of aliphatic carboxylic acids is 1. The van der Waals surface area contributed by atoms with Gasteiger partial charge in [0.25, 0.3) is 0 Å². The van der Waals surface area contributed by atoms with E-state index in [2.05, 4.69) is 0 Å². The first-order valence-electron chi connectivity index (χ1n) is 11.0. The number of oxazole rings is 1. The summed E-state index contributed by atoms with van der Waals surface area (Å²) < 4.78 is 54.4. The van der Waals surface area contributed by atoms with Gasteiger partial charge < -0.3 is 19.4 Å². The molecule has 0 saturated carbocycles. The first kappa shape index (κ1) is 26.3. The number of alkyl halides is 3. The molecule has 0 radical (unpaired) electrons. The maximum Gasteiger partial charge on any atom is 0.422 e. The number of carboxylic acids is 1. The van der Waals surface area contributed by atoms with E-state index >= 15 is 0 Å². The van der Waals surface area contributed by atoms with Gasteiger partial charge in [0.1, 0.15) is 5.75 Å². The fourth-order valence-corrected chi connectivity index (χ4v) is 4.54. The Bertz CT molecular complexity index is 1530. The third kappa shape index (κ3) is 4.82. The van der Waals surface area contributed by atoms with Crippen LogP contribution in [-0.4, -0.2) is 33.5 Å². The van der Waals surface area contributed by atoms with Crippen molar-refractivity contribution in [3.8, 4) is 16.9 Å². The van der Waals surface area contributed by atoms with Gasteiger partial charge in [-0.15, -0.1) is 0 Å². The molecule has 2 atom stereocenters. The summed E-state index contributed by atoms with van der Waals surface area (Å²) in [6.07, 6.45) is -5.09. The molecule has 3 aromatic carbocycles. The molecule has 1 heterocycles. The molecule has 0 aliphatic carbocycles. The van der Waals surface area contributed by atoms with Gasteiger partial charge in [-0.25, -0.2) is 9.59 Å². The van der Waals surface area contributed by atoms with E-state index in [1.54, 1.807) is 30.3 Å². The molecule has 0 saturated heterocycles. The number of nitrogens with zero attached hydrogens (tertiary/aromatic N) is 1. The zero-order valence-electron chi connectivity index (χ0n) is 19.5. The number of fused-ring (bicyclic) bond motifs is 1. The van der Waals surface area contributed by atoms with Gasteiger partial charge in [0, 0.05) is 18.0 Å². The SMILES string of the molecule is CC(c1ccc(-c2ccc(OCC(=O)O)cc2)cc1Cl)C(O)(c1ccc2oc(=O)n(C)c2c1)C(F)(F)F. The molecule has 0 aliphatic heterocycles.